The minimum absolute atomic E-state index is 0.0146. The Balaban J connectivity index is 0.000000227. The molecule has 0 radical (unpaired) electrons. The molecule has 1 aromatic heterocycles. The number of aromatic nitrogens is 2. The largest absolute Gasteiger partial charge is 0.471 e. The van der Waals surface area contributed by atoms with Crippen molar-refractivity contribution in [2.75, 3.05) is 41.3 Å². The van der Waals surface area contributed by atoms with Gasteiger partial charge in [0.05, 0.1) is 31.0 Å². The number of carbonyl (C=O) groups is 2. The van der Waals surface area contributed by atoms with Crippen molar-refractivity contribution in [3.8, 4) is 11.5 Å². The molecule has 26 heteroatoms. The summed E-state index contributed by atoms with van der Waals surface area (Å²) in [5.41, 5.74) is -0.661. The lowest BCUT2D eigenvalue weighted by molar-refractivity contribution is -0.173. The van der Waals surface area contributed by atoms with E-state index < -0.39 is 99.1 Å². The predicted octanol–water partition coefficient (Wildman–Crippen LogP) is 8.33. The van der Waals surface area contributed by atoms with Gasteiger partial charge in [-0.2, -0.15) is 51.8 Å². The highest BCUT2D eigenvalue weighted by molar-refractivity contribution is 7.90. The first-order chi connectivity index (χ1) is 32.4. The van der Waals surface area contributed by atoms with E-state index in [9.17, 15) is 70.3 Å². The summed E-state index contributed by atoms with van der Waals surface area (Å²) in [7, 11) is -8.27. The molecule has 5 aromatic rings. The van der Waals surface area contributed by atoms with Gasteiger partial charge in [-0.15, -0.1) is 10.2 Å². The van der Waals surface area contributed by atoms with Crippen LogP contribution in [0.2, 0.25) is 0 Å². The van der Waals surface area contributed by atoms with Crippen LogP contribution in [0.15, 0.2) is 89.3 Å². The van der Waals surface area contributed by atoms with Crippen LogP contribution in [0.4, 0.5) is 55.3 Å². The summed E-state index contributed by atoms with van der Waals surface area (Å²) in [4.78, 5) is 23.0. The van der Waals surface area contributed by atoms with Crippen LogP contribution in [0.1, 0.15) is 65.9 Å². The summed E-state index contributed by atoms with van der Waals surface area (Å²) < 4.78 is 195. The number of Topliss-reactive ketones (excluding diaryl/α,β-unsaturated/α-hetero) is 1. The molecular formula is C43H41F10N7O7S2. The molecule has 0 unspecified atom stereocenters. The number of nitrogens with zero attached hydrogens (tertiary/aromatic N) is 6. The standard InChI is InChI=1S/C22H22F5N3O4S.C21H19F5N4O3S/c23-17-5-4-6-18(12-17)30(35(33,34)29-9-2-1-3-10-29)14-16-8-7-15(11-19(16)24)20(31)13-28-21(32)22(25,26)27;22-16-5-4-6-17(12-16)30(34(31,32)29-9-2-1-3-10-29)13-15-8-7-14(11-18(15)23)19-27-28-20(33-19)21(24,25)26/h4-8,11-12H,1-3,9-10,13-14H2,(H,28,32);4-8,11-12H,1-3,9-10,13H2. The van der Waals surface area contributed by atoms with E-state index in [2.05, 4.69) is 14.6 Å². The highest BCUT2D eigenvalue weighted by Gasteiger charge is 2.40. The van der Waals surface area contributed by atoms with Gasteiger partial charge in [-0.05, 0) is 80.3 Å². The van der Waals surface area contributed by atoms with Crippen molar-refractivity contribution in [3.05, 3.63) is 131 Å². The maximum absolute atomic E-state index is 14.9. The van der Waals surface area contributed by atoms with Crippen LogP contribution in [0.3, 0.4) is 0 Å². The van der Waals surface area contributed by atoms with Gasteiger partial charge in [0.1, 0.15) is 23.3 Å². The van der Waals surface area contributed by atoms with Crippen LogP contribution in [0.25, 0.3) is 11.5 Å². The normalized spacial score (nSPS) is 15.2. The topological polar surface area (TPSA) is 166 Å². The highest BCUT2D eigenvalue weighted by Crippen LogP contribution is 2.33. The van der Waals surface area contributed by atoms with Crippen LogP contribution >= 0.6 is 0 Å². The maximum Gasteiger partial charge on any atom is 0.471 e. The Kier molecular flexibility index (Phi) is 16.4. The van der Waals surface area contributed by atoms with E-state index in [1.165, 1.54) is 50.3 Å². The number of anilines is 2. The van der Waals surface area contributed by atoms with E-state index in [0.29, 0.717) is 25.7 Å². The summed E-state index contributed by atoms with van der Waals surface area (Å²) in [6, 6.07) is 16.0. The van der Waals surface area contributed by atoms with Crippen LogP contribution in [-0.4, -0.2) is 86.2 Å². The lowest BCUT2D eigenvalue weighted by Crippen LogP contribution is -2.46. The van der Waals surface area contributed by atoms with Crippen LogP contribution in [0, 0.1) is 23.3 Å². The van der Waals surface area contributed by atoms with Crippen molar-refractivity contribution >= 4 is 43.5 Å². The number of amides is 1. The Labute approximate surface area is 388 Å². The zero-order valence-corrected chi connectivity index (χ0v) is 37.5. The fourth-order valence-corrected chi connectivity index (χ4v) is 10.5. The number of hydrogen-bond donors (Lipinski definition) is 1. The van der Waals surface area contributed by atoms with Gasteiger partial charge in [-0.1, -0.05) is 43.2 Å². The lowest BCUT2D eigenvalue weighted by Gasteiger charge is -2.33. The molecule has 2 aliphatic heterocycles. The fraction of sp³-hybridized carbons (Fsp3) is 0.349. The number of carbonyl (C=O) groups excluding carboxylic acids is 2. The van der Waals surface area contributed by atoms with Gasteiger partial charge in [0.25, 0.3) is 0 Å². The third kappa shape index (κ3) is 13.2. The number of hydrogen-bond acceptors (Lipinski definition) is 9. The number of piperidine rings is 2. The predicted molar refractivity (Wildman–Crippen MR) is 228 cm³/mol. The van der Waals surface area contributed by atoms with E-state index in [4.69, 9.17) is 0 Å². The van der Waals surface area contributed by atoms with Crippen LogP contribution in [-0.2, 0) is 44.5 Å². The molecule has 3 heterocycles. The number of alkyl halides is 6. The molecule has 2 aliphatic rings. The minimum Gasteiger partial charge on any atom is -0.413 e. The average molecular weight is 1020 g/mol. The molecule has 4 aromatic carbocycles. The second-order valence-electron chi connectivity index (χ2n) is 15.5. The van der Waals surface area contributed by atoms with E-state index >= 15 is 0 Å². The Hall–Kier alpha value is -6.12. The fourth-order valence-electron chi connectivity index (χ4n) is 7.13. The molecule has 2 fully saturated rings. The SMILES string of the molecule is O=C(CNC(=O)C(F)(F)F)c1ccc(CN(c2cccc(F)c2)S(=O)(=O)N2CCCCC2)c(F)c1.O=S(=O)(N1CCCCC1)N(Cc1ccc(-c2nnc(C(F)(F)F)o2)cc1F)c1cccc(F)c1. The van der Waals surface area contributed by atoms with Gasteiger partial charge >= 0.3 is 44.6 Å². The molecule has 2 saturated heterocycles. The Morgan fingerprint density at radius 2 is 1.10 bits per heavy atom. The molecular weight excluding hydrogens is 981 g/mol. The number of halogens is 10. The monoisotopic (exact) mass is 1020 g/mol. The summed E-state index contributed by atoms with van der Waals surface area (Å²) in [5.74, 6) is -8.65. The Bertz CT molecular complexity index is 2860. The zero-order valence-electron chi connectivity index (χ0n) is 35.9. The molecule has 372 valence electrons. The average Bonchev–Trinajstić information content (AvgIpc) is 3.82. The second-order valence-corrected chi connectivity index (χ2v) is 19.2. The zero-order chi connectivity index (χ0) is 50.3. The van der Waals surface area contributed by atoms with Crippen molar-refractivity contribution in [3.63, 3.8) is 0 Å². The molecule has 7 rings (SSSR count). The van der Waals surface area contributed by atoms with E-state index in [-0.39, 0.29) is 59.8 Å². The van der Waals surface area contributed by atoms with E-state index in [1.54, 1.807) is 0 Å². The molecule has 0 atom stereocenters. The summed E-state index contributed by atoms with van der Waals surface area (Å²) in [6.07, 6.45) is -5.65. The van der Waals surface area contributed by atoms with Gasteiger partial charge in [-0.3, -0.25) is 18.2 Å². The van der Waals surface area contributed by atoms with Crippen molar-refractivity contribution in [1.82, 2.24) is 24.1 Å². The third-order valence-electron chi connectivity index (χ3n) is 10.7. The quantitative estimate of drug-likeness (QED) is 0.0850. The number of nitrogens with one attached hydrogen (secondary N) is 1. The Morgan fingerprint density at radius 1 is 0.623 bits per heavy atom. The molecule has 14 nitrogen and oxygen atoms in total. The van der Waals surface area contributed by atoms with Gasteiger partial charge in [0.15, 0.2) is 5.78 Å². The maximum atomic E-state index is 14.9. The van der Waals surface area contributed by atoms with E-state index in [0.717, 1.165) is 70.0 Å². The molecule has 0 spiro atoms. The van der Waals surface area contributed by atoms with Crippen molar-refractivity contribution < 1.29 is 74.7 Å². The summed E-state index contributed by atoms with van der Waals surface area (Å²) in [6.45, 7) is -0.903. The van der Waals surface area contributed by atoms with Crippen LogP contribution < -0.4 is 13.9 Å². The number of rotatable bonds is 14. The van der Waals surface area contributed by atoms with Crippen molar-refractivity contribution in [2.45, 2.75) is 64.0 Å². The van der Waals surface area contributed by atoms with Crippen molar-refractivity contribution in [1.29, 1.82) is 0 Å². The molecule has 0 bridgehead atoms. The van der Waals surface area contributed by atoms with Gasteiger partial charge in [0.2, 0.25) is 5.89 Å². The van der Waals surface area contributed by atoms with Crippen LogP contribution in [0.5, 0.6) is 0 Å². The van der Waals surface area contributed by atoms with Gasteiger partial charge in [0, 0.05) is 48.4 Å². The smallest absolute Gasteiger partial charge is 0.413 e. The highest BCUT2D eigenvalue weighted by atomic mass is 32.2. The van der Waals surface area contributed by atoms with Gasteiger partial charge < -0.3 is 9.73 Å². The lowest BCUT2D eigenvalue weighted by atomic mass is 10.1. The summed E-state index contributed by atoms with van der Waals surface area (Å²) >= 11 is 0. The molecule has 1 amide bonds. The molecule has 1 N–H and O–H groups in total. The summed E-state index contributed by atoms with van der Waals surface area (Å²) in [5, 5.41) is 7.59. The second kappa shape index (κ2) is 21.7. The Morgan fingerprint density at radius 3 is 1.52 bits per heavy atom. The first-order valence-electron chi connectivity index (χ1n) is 20.9. The first-order valence-corrected chi connectivity index (χ1v) is 23.7. The molecule has 69 heavy (non-hydrogen) atoms. The number of benzene rings is 4. The molecule has 0 saturated carbocycles. The van der Waals surface area contributed by atoms with Gasteiger partial charge in [-0.25, -0.2) is 17.6 Å². The first kappa shape index (κ1) is 52.3. The minimum atomic E-state index is -5.17. The number of ketones is 1. The third-order valence-corrected chi connectivity index (χ3v) is 14.5. The van der Waals surface area contributed by atoms with Crippen molar-refractivity contribution in [2.24, 2.45) is 0 Å². The van der Waals surface area contributed by atoms with E-state index in [1.807, 2.05) is 0 Å². The molecule has 0 aliphatic carbocycles.